The van der Waals surface area contributed by atoms with E-state index in [9.17, 15) is 4.79 Å². The van der Waals surface area contributed by atoms with Crippen LogP contribution in [0.1, 0.15) is 22.6 Å². The van der Waals surface area contributed by atoms with Gasteiger partial charge in [-0.25, -0.2) is 9.97 Å². The number of pyridine rings is 1. The molecule has 0 spiro atoms. The van der Waals surface area contributed by atoms with Gasteiger partial charge in [0.1, 0.15) is 11.5 Å². The zero-order valence-electron chi connectivity index (χ0n) is 15.4. The molecule has 0 fully saturated rings. The minimum atomic E-state index is -0.0320. The molecule has 6 heteroatoms. The molecule has 3 heterocycles. The lowest BCUT2D eigenvalue weighted by atomic mass is 10.1. The molecule has 0 unspecified atom stereocenters. The van der Waals surface area contributed by atoms with Gasteiger partial charge in [0.25, 0.3) is 0 Å². The molecule has 0 aliphatic heterocycles. The van der Waals surface area contributed by atoms with Crippen LogP contribution >= 0.6 is 0 Å². The molecule has 27 heavy (non-hydrogen) atoms. The van der Waals surface area contributed by atoms with Gasteiger partial charge < -0.3 is 14.3 Å². The molecule has 6 nitrogen and oxygen atoms in total. The van der Waals surface area contributed by atoms with Gasteiger partial charge in [0.05, 0.1) is 17.8 Å². The number of aryl methyl sites for hydroxylation is 2. The quantitative estimate of drug-likeness (QED) is 0.596. The summed E-state index contributed by atoms with van der Waals surface area (Å²) in [6, 6.07) is 12.0. The maximum absolute atomic E-state index is 12.5. The number of nitrogens with zero attached hydrogens (tertiary/aromatic N) is 4. The van der Waals surface area contributed by atoms with Crippen LogP contribution in [-0.2, 0) is 17.8 Å². The number of hydrogen-bond acceptors (Lipinski definition) is 3. The predicted octanol–water partition coefficient (Wildman–Crippen LogP) is 3.00. The van der Waals surface area contributed by atoms with E-state index in [-0.39, 0.29) is 12.3 Å². The summed E-state index contributed by atoms with van der Waals surface area (Å²) in [4.78, 5) is 21.2. The third kappa shape index (κ3) is 3.33. The molecule has 0 aliphatic rings. The van der Waals surface area contributed by atoms with E-state index in [4.69, 9.17) is 0 Å². The van der Waals surface area contributed by atoms with Crippen LogP contribution in [0.5, 0.6) is 0 Å². The standard InChI is InChI=1S/C21H21N5O/c1-15-6-5-10-26-18(14-24-21(15)26)12-20(27)23-13-17-7-3-4-8-19(17)25-11-9-22-16(25)2/h3-11,14H,12-13H2,1-2H3,(H,23,27). The third-order valence-corrected chi connectivity index (χ3v) is 4.70. The monoisotopic (exact) mass is 359 g/mol. The van der Waals surface area contributed by atoms with Gasteiger partial charge in [0.2, 0.25) is 5.91 Å². The summed E-state index contributed by atoms with van der Waals surface area (Å²) in [6.45, 7) is 4.44. The van der Waals surface area contributed by atoms with Gasteiger partial charge >= 0.3 is 0 Å². The molecule has 3 aromatic heterocycles. The highest BCUT2D eigenvalue weighted by Gasteiger charge is 2.11. The lowest BCUT2D eigenvalue weighted by molar-refractivity contribution is -0.120. The molecule has 4 aromatic rings. The fraction of sp³-hybridized carbons (Fsp3) is 0.190. The molecule has 4 rings (SSSR count). The van der Waals surface area contributed by atoms with E-state index in [1.165, 1.54) is 0 Å². The molecule has 0 radical (unpaired) electrons. The highest BCUT2D eigenvalue weighted by Crippen LogP contribution is 2.16. The summed E-state index contributed by atoms with van der Waals surface area (Å²) in [5.74, 6) is 0.880. The second kappa shape index (κ2) is 7.07. The Bertz CT molecular complexity index is 1110. The Labute approximate surface area is 157 Å². The van der Waals surface area contributed by atoms with Gasteiger partial charge in [0.15, 0.2) is 0 Å². The van der Waals surface area contributed by atoms with E-state index in [0.29, 0.717) is 6.54 Å². The Hall–Kier alpha value is -3.41. The van der Waals surface area contributed by atoms with Gasteiger partial charge in [-0.1, -0.05) is 24.3 Å². The van der Waals surface area contributed by atoms with Crippen LogP contribution in [0, 0.1) is 13.8 Å². The number of nitrogens with one attached hydrogen (secondary N) is 1. The summed E-state index contributed by atoms with van der Waals surface area (Å²) in [5.41, 5.74) is 4.93. The number of amides is 1. The van der Waals surface area contributed by atoms with E-state index in [2.05, 4.69) is 15.3 Å². The Morgan fingerprint density at radius 1 is 1.07 bits per heavy atom. The first-order valence-electron chi connectivity index (χ1n) is 8.90. The van der Waals surface area contributed by atoms with Crippen LogP contribution in [0.3, 0.4) is 0 Å². The van der Waals surface area contributed by atoms with Crippen LogP contribution in [0.25, 0.3) is 11.3 Å². The largest absolute Gasteiger partial charge is 0.352 e. The molecule has 0 atom stereocenters. The fourth-order valence-electron chi connectivity index (χ4n) is 3.28. The van der Waals surface area contributed by atoms with E-state index < -0.39 is 0 Å². The van der Waals surface area contributed by atoms with Gasteiger partial charge in [0, 0.05) is 31.3 Å². The number of aromatic nitrogens is 4. The van der Waals surface area contributed by atoms with Gasteiger partial charge in [-0.2, -0.15) is 0 Å². The van der Waals surface area contributed by atoms with Crippen molar-refractivity contribution >= 4 is 11.6 Å². The van der Waals surface area contributed by atoms with E-state index in [1.807, 2.05) is 71.6 Å². The minimum absolute atomic E-state index is 0.0320. The Morgan fingerprint density at radius 3 is 2.74 bits per heavy atom. The normalized spacial score (nSPS) is 11.0. The summed E-state index contributed by atoms with van der Waals surface area (Å²) in [7, 11) is 0. The maximum atomic E-state index is 12.5. The number of benzene rings is 1. The van der Waals surface area contributed by atoms with Gasteiger partial charge in [-0.3, -0.25) is 4.79 Å². The molecule has 1 amide bonds. The highest BCUT2D eigenvalue weighted by molar-refractivity contribution is 5.78. The Morgan fingerprint density at radius 2 is 1.93 bits per heavy atom. The van der Waals surface area contributed by atoms with Crippen LogP contribution in [0.15, 0.2) is 61.2 Å². The van der Waals surface area contributed by atoms with Crippen LogP contribution in [0.4, 0.5) is 0 Å². The van der Waals surface area contributed by atoms with Gasteiger partial charge in [-0.05, 0) is 37.1 Å². The molecule has 0 saturated carbocycles. The first-order chi connectivity index (χ1) is 13.1. The Balaban J connectivity index is 1.49. The number of carbonyl (C=O) groups excluding carboxylic acids is 1. The van der Waals surface area contributed by atoms with Crippen molar-refractivity contribution in [1.29, 1.82) is 0 Å². The molecule has 0 saturated heterocycles. The lowest BCUT2D eigenvalue weighted by Gasteiger charge is -2.12. The molecule has 1 N–H and O–H groups in total. The van der Waals surface area contributed by atoms with Crippen molar-refractivity contribution in [2.45, 2.75) is 26.8 Å². The van der Waals surface area contributed by atoms with Crippen molar-refractivity contribution in [3.8, 4) is 5.69 Å². The van der Waals surface area contributed by atoms with Crippen LogP contribution in [-0.4, -0.2) is 24.8 Å². The molecular formula is C21H21N5O. The maximum Gasteiger partial charge on any atom is 0.226 e. The summed E-state index contributed by atoms with van der Waals surface area (Å²) in [5, 5.41) is 3.02. The Kier molecular flexibility index (Phi) is 4.46. The first-order valence-corrected chi connectivity index (χ1v) is 8.90. The van der Waals surface area contributed by atoms with E-state index >= 15 is 0 Å². The van der Waals surface area contributed by atoms with Crippen LogP contribution < -0.4 is 5.32 Å². The topological polar surface area (TPSA) is 64.2 Å². The fourth-order valence-corrected chi connectivity index (χ4v) is 3.28. The van der Waals surface area contributed by atoms with Gasteiger partial charge in [-0.15, -0.1) is 0 Å². The SMILES string of the molecule is Cc1cccn2c(CC(=O)NCc3ccccc3-n3ccnc3C)cnc12. The number of imidazole rings is 2. The summed E-state index contributed by atoms with van der Waals surface area (Å²) < 4.78 is 3.99. The molecule has 1 aromatic carbocycles. The van der Waals surface area contributed by atoms with Crippen molar-refractivity contribution in [3.05, 3.63) is 83.8 Å². The third-order valence-electron chi connectivity index (χ3n) is 4.70. The van der Waals surface area contributed by atoms with Crippen molar-refractivity contribution in [3.63, 3.8) is 0 Å². The van der Waals surface area contributed by atoms with Crippen molar-refractivity contribution in [2.75, 3.05) is 0 Å². The first kappa shape index (κ1) is 17.0. The second-order valence-corrected chi connectivity index (χ2v) is 6.56. The smallest absolute Gasteiger partial charge is 0.226 e. The number of carbonyl (C=O) groups is 1. The zero-order valence-corrected chi connectivity index (χ0v) is 15.4. The van der Waals surface area contributed by atoms with Crippen molar-refractivity contribution in [2.24, 2.45) is 0 Å². The average Bonchev–Trinajstić information content (AvgIpc) is 3.28. The molecule has 0 aliphatic carbocycles. The van der Waals surface area contributed by atoms with Crippen molar-refractivity contribution in [1.82, 2.24) is 24.3 Å². The molecule has 136 valence electrons. The summed E-state index contributed by atoms with van der Waals surface area (Å²) in [6.07, 6.45) is 7.70. The number of rotatable bonds is 5. The summed E-state index contributed by atoms with van der Waals surface area (Å²) >= 11 is 0. The average molecular weight is 359 g/mol. The zero-order chi connectivity index (χ0) is 18.8. The lowest BCUT2D eigenvalue weighted by Crippen LogP contribution is -2.25. The molecular weight excluding hydrogens is 338 g/mol. The minimum Gasteiger partial charge on any atom is -0.352 e. The molecule has 0 bridgehead atoms. The number of para-hydroxylation sites is 1. The number of fused-ring (bicyclic) bond motifs is 1. The van der Waals surface area contributed by atoms with E-state index in [1.54, 1.807) is 12.4 Å². The van der Waals surface area contributed by atoms with Crippen LogP contribution in [0.2, 0.25) is 0 Å². The highest BCUT2D eigenvalue weighted by atomic mass is 16.1. The second-order valence-electron chi connectivity index (χ2n) is 6.56. The predicted molar refractivity (Wildman–Crippen MR) is 104 cm³/mol. The van der Waals surface area contributed by atoms with E-state index in [0.717, 1.165) is 34.0 Å². The number of hydrogen-bond donors (Lipinski definition) is 1. The van der Waals surface area contributed by atoms with Crippen molar-refractivity contribution < 1.29 is 4.79 Å².